The largest absolute Gasteiger partial charge is 0.465 e. The van der Waals surface area contributed by atoms with E-state index in [9.17, 15) is 9.59 Å². The molecule has 1 N–H and O–H groups in total. The van der Waals surface area contributed by atoms with Gasteiger partial charge in [0.2, 0.25) is 0 Å². The maximum atomic E-state index is 12.7. The Morgan fingerprint density at radius 2 is 1.67 bits per heavy atom. The van der Waals surface area contributed by atoms with Gasteiger partial charge in [-0.2, -0.15) is 0 Å². The Kier molecular flexibility index (Phi) is 11.4. The van der Waals surface area contributed by atoms with Crippen LogP contribution in [0, 0.1) is 11.8 Å². The van der Waals surface area contributed by atoms with Crippen LogP contribution in [0.5, 0.6) is 0 Å². The smallest absolute Gasteiger partial charge is 0.308 e. The third-order valence-electron chi connectivity index (χ3n) is 4.78. The summed E-state index contributed by atoms with van der Waals surface area (Å²) >= 11 is 0. The van der Waals surface area contributed by atoms with Crippen LogP contribution in [0.1, 0.15) is 64.4 Å². The fourth-order valence-corrected chi connectivity index (χ4v) is 3.14. The highest BCUT2D eigenvalue weighted by Crippen LogP contribution is 2.31. The normalized spacial score (nSPS) is 14.2. The summed E-state index contributed by atoms with van der Waals surface area (Å²) in [6.45, 7) is 6.11. The summed E-state index contributed by atoms with van der Waals surface area (Å²) in [5, 5.41) is 8.81. The zero-order valence-electron chi connectivity index (χ0n) is 16.9. The van der Waals surface area contributed by atoms with E-state index in [1.807, 2.05) is 25.1 Å². The van der Waals surface area contributed by atoms with E-state index in [4.69, 9.17) is 14.6 Å². The number of rotatable bonds is 13. The standard InChI is InChI=1S/C22H34O5/c1-4-6-13-26-22(25)20(15-17(3)21(24)27-14-12-23)16-18(5-2)19-10-8-7-9-11-19/h7-11,17-18,20,23H,4-6,12-16H2,1-3H3. The number of ether oxygens (including phenoxy) is 2. The summed E-state index contributed by atoms with van der Waals surface area (Å²) in [5.74, 6) is -1.17. The molecule has 3 unspecified atom stereocenters. The van der Waals surface area contributed by atoms with E-state index in [1.165, 1.54) is 5.56 Å². The van der Waals surface area contributed by atoms with Crippen LogP contribution in [-0.4, -0.2) is 36.9 Å². The molecule has 0 aromatic heterocycles. The van der Waals surface area contributed by atoms with Gasteiger partial charge in [0.05, 0.1) is 25.0 Å². The molecule has 0 aliphatic rings. The van der Waals surface area contributed by atoms with Gasteiger partial charge in [0.15, 0.2) is 0 Å². The van der Waals surface area contributed by atoms with Crippen molar-refractivity contribution in [1.82, 2.24) is 0 Å². The van der Waals surface area contributed by atoms with E-state index in [-0.39, 0.29) is 37.0 Å². The molecule has 0 saturated carbocycles. The van der Waals surface area contributed by atoms with E-state index in [2.05, 4.69) is 19.1 Å². The summed E-state index contributed by atoms with van der Waals surface area (Å²) in [7, 11) is 0. The van der Waals surface area contributed by atoms with E-state index in [0.29, 0.717) is 19.4 Å². The molecule has 0 bridgehead atoms. The number of hydrogen-bond acceptors (Lipinski definition) is 5. The second kappa shape index (κ2) is 13.3. The highest BCUT2D eigenvalue weighted by molar-refractivity contribution is 5.76. The first-order valence-electron chi connectivity index (χ1n) is 10.0. The second-order valence-corrected chi connectivity index (χ2v) is 7.00. The van der Waals surface area contributed by atoms with Crippen molar-refractivity contribution in [3.8, 4) is 0 Å². The molecule has 152 valence electrons. The molecule has 5 nitrogen and oxygen atoms in total. The van der Waals surface area contributed by atoms with Gasteiger partial charge in [0, 0.05) is 0 Å². The summed E-state index contributed by atoms with van der Waals surface area (Å²) in [6, 6.07) is 10.1. The molecule has 1 aromatic carbocycles. The first-order valence-corrected chi connectivity index (χ1v) is 10.0. The van der Waals surface area contributed by atoms with Gasteiger partial charge in [-0.3, -0.25) is 9.59 Å². The minimum Gasteiger partial charge on any atom is -0.465 e. The van der Waals surface area contributed by atoms with Crippen molar-refractivity contribution in [2.45, 2.75) is 58.8 Å². The maximum absolute atomic E-state index is 12.7. The number of esters is 2. The number of hydrogen-bond donors (Lipinski definition) is 1. The molecule has 0 heterocycles. The average Bonchev–Trinajstić information content (AvgIpc) is 2.69. The van der Waals surface area contributed by atoms with Crippen molar-refractivity contribution in [3.63, 3.8) is 0 Å². The first-order chi connectivity index (χ1) is 13.0. The Hall–Kier alpha value is -1.88. The van der Waals surface area contributed by atoms with Gasteiger partial charge in [0.25, 0.3) is 0 Å². The van der Waals surface area contributed by atoms with Crippen molar-refractivity contribution in [2.24, 2.45) is 11.8 Å². The molecule has 0 fully saturated rings. The molecule has 0 amide bonds. The van der Waals surface area contributed by atoms with Crippen molar-refractivity contribution in [3.05, 3.63) is 35.9 Å². The molecular formula is C22H34O5. The van der Waals surface area contributed by atoms with Crippen LogP contribution in [0.25, 0.3) is 0 Å². The fraction of sp³-hybridized carbons (Fsp3) is 0.636. The number of carbonyl (C=O) groups is 2. The quantitative estimate of drug-likeness (QED) is 0.413. The van der Waals surface area contributed by atoms with Crippen LogP contribution in [0.15, 0.2) is 30.3 Å². The molecule has 0 aliphatic heterocycles. The molecule has 0 saturated heterocycles. The van der Waals surface area contributed by atoms with Gasteiger partial charge in [-0.05, 0) is 37.2 Å². The van der Waals surface area contributed by atoms with Gasteiger partial charge in [-0.25, -0.2) is 0 Å². The molecule has 1 rings (SSSR count). The lowest BCUT2D eigenvalue weighted by Gasteiger charge is -2.24. The molecule has 27 heavy (non-hydrogen) atoms. The van der Waals surface area contributed by atoms with E-state index < -0.39 is 5.92 Å². The predicted molar refractivity (Wildman–Crippen MR) is 105 cm³/mol. The van der Waals surface area contributed by atoms with Crippen LogP contribution < -0.4 is 0 Å². The lowest BCUT2D eigenvalue weighted by molar-refractivity contribution is -0.153. The zero-order chi connectivity index (χ0) is 20.1. The molecule has 3 atom stereocenters. The van der Waals surface area contributed by atoms with Crippen LogP contribution in [0.4, 0.5) is 0 Å². The molecular weight excluding hydrogens is 344 g/mol. The Labute approximate surface area is 163 Å². The fourth-order valence-electron chi connectivity index (χ4n) is 3.14. The second-order valence-electron chi connectivity index (χ2n) is 7.00. The maximum Gasteiger partial charge on any atom is 0.308 e. The Balaban J connectivity index is 2.82. The Morgan fingerprint density at radius 3 is 2.26 bits per heavy atom. The van der Waals surface area contributed by atoms with Gasteiger partial charge in [0.1, 0.15) is 6.61 Å². The Bertz CT molecular complexity index is 543. The summed E-state index contributed by atoms with van der Waals surface area (Å²) in [6.07, 6.45) is 3.74. The Morgan fingerprint density at radius 1 is 1.00 bits per heavy atom. The molecule has 5 heteroatoms. The lowest BCUT2D eigenvalue weighted by atomic mass is 9.83. The van der Waals surface area contributed by atoms with Crippen LogP contribution in [0.2, 0.25) is 0 Å². The molecule has 0 spiro atoms. The van der Waals surface area contributed by atoms with Crippen molar-refractivity contribution >= 4 is 11.9 Å². The van der Waals surface area contributed by atoms with Gasteiger partial charge in [-0.1, -0.05) is 57.5 Å². The SMILES string of the molecule is CCCCOC(=O)C(CC(C)C(=O)OCCO)CC(CC)c1ccccc1. The van der Waals surface area contributed by atoms with Crippen LogP contribution >= 0.6 is 0 Å². The predicted octanol–water partition coefficient (Wildman–Crippen LogP) is 4.09. The van der Waals surface area contributed by atoms with Crippen LogP contribution in [-0.2, 0) is 19.1 Å². The van der Waals surface area contributed by atoms with Crippen LogP contribution in [0.3, 0.4) is 0 Å². The van der Waals surface area contributed by atoms with Gasteiger partial charge >= 0.3 is 11.9 Å². The monoisotopic (exact) mass is 378 g/mol. The first kappa shape index (κ1) is 23.2. The topological polar surface area (TPSA) is 72.8 Å². The van der Waals surface area contributed by atoms with E-state index in [0.717, 1.165) is 19.3 Å². The van der Waals surface area contributed by atoms with Gasteiger partial charge in [-0.15, -0.1) is 0 Å². The third kappa shape index (κ3) is 8.57. The van der Waals surface area contributed by atoms with E-state index >= 15 is 0 Å². The number of unbranched alkanes of at least 4 members (excludes halogenated alkanes) is 1. The van der Waals surface area contributed by atoms with E-state index in [1.54, 1.807) is 6.92 Å². The highest BCUT2D eigenvalue weighted by Gasteiger charge is 2.29. The molecule has 1 aromatic rings. The highest BCUT2D eigenvalue weighted by atomic mass is 16.5. The third-order valence-corrected chi connectivity index (χ3v) is 4.78. The minimum absolute atomic E-state index is 0.0175. The number of aliphatic hydroxyl groups is 1. The van der Waals surface area contributed by atoms with Crippen molar-refractivity contribution < 1.29 is 24.2 Å². The average molecular weight is 379 g/mol. The minimum atomic E-state index is -0.423. The number of carbonyl (C=O) groups excluding carboxylic acids is 2. The molecule has 0 radical (unpaired) electrons. The van der Waals surface area contributed by atoms with Crippen molar-refractivity contribution in [2.75, 3.05) is 19.8 Å². The zero-order valence-corrected chi connectivity index (χ0v) is 16.9. The number of benzene rings is 1. The number of aliphatic hydroxyl groups excluding tert-OH is 1. The summed E-state index contributed by atoms with van der Waals surface area (Å²) in [4.78, 5) is 24.7. The summed E-state index contributed by atoms with van der Waals surface area (Å²) < 4.78 is 10.5. The molecule has 0 aliphatic carbocycles. The van der Waals surface area contributed by atoms with Crippen molar-refractivity contribution in [1.29, 1.82) is 0 Å². The lowest BCUT2D eigenvalue weighted by Crippen LogP contribution is -2.26. The summed E-state index contributed by atoms with van der Waals surface area (Å²) in [5.41, 5.74) is 1.20. The van der Waals surface area contributed by atoms with Gasteiger partial charge < -0.3 is 14.6 Å².